The third-order valence-corrected chi connectivity index (χ3v) is 3.55. The van der Waals surface area contributed by atoms with E-state index in [1.807, 2.05) is 0 Å². The van der Waals surface area contributed by atoms with Crippen molar-refractivity contribution in [2.45, 2.75) is 12.6 Å². The van der Waals surface area contributed by atoms with Crippen LogP contribution >= 0.6 is 0 Å². The number of nitrogens with zero attached hydrogens (tertiary/aromatic N) is 4. The van der Waals surface area contributed by atoms with Crippen LogP contribution in [0.5, 0.6) is 0 Å². The van der Waals surface area contributed by atoms with Gasteiger partial charge in [-0.15, -0.1) is 5.10 Å². The van der Waals surface area contributed by atoms with Gasteiger partial charge in [0.05, 0.1) is 11.1 Å². The summed E-state index contributed by atoms with van der Waals surface area (Å²) in [4.78, 5) is 19.9. The highest BCUT2D eigenvalue weighted by Gasteiger charge is 2.32. The molecule has 3 aromatic rings. The van der Waals surface area contributed by atoms with Crippen molar-refractivity contribution in [1.29, 1.82) is 0 Å². The zero-order valence-corrected chi connectivity index (χ0v) is 13.9. The second-order valence-electron chi connectivity index (χ2n) is 5.53. The van der Waals surface area contributed by atoms with Crippen LogP contribution in [-0.2, 0) is 6.18 Å². The minimum atomic E-state index is -4.57. The molecule has 0 radical (unpaired) electrons. The van der Waals surface area contributed by atoms with Gasteiger partial charge in [-0.25, -0.2) is 0 Å². The van der Waals surface area contributed by atoms with E-state index >= 15 is 0 Å². The van der Waals surface area contributed by atoms with E-state index < -0.39 is 17.6 Å². The van der Waals surface area contributed by atoms with Crippen molar-refractivity contribution in [3.8, 4) is 0 Å². The molecule has 0 saturated carbocycles. The van der Waals surface area contributed by atoms with Crippen molar-refractivity contribution >= 4 is 23.3 Å². The number of aliphatic hydroxyl groups is 1. The van der Waals surface area contributed by atoms with Gasteiger partial charge in [-0.3, -0.25) is 15.1 Å². The summed E-state index contributed by atoms with van der Waals surface area (Å²) in [5.74, 6) is -0.638. The van der Waals surface area contributed by atoms with Gasteiger partial charge in [0.2, 0.25) is 5.95 Å². The fourth-order valence-corrected chi connectivity index (χ4v) is 2.29. The summed E-state index contributed by atoms with van der Waals surface area (Å²) >= 11 is 0. The quantitative estimate of drug-likeness (QED) is 0.567. The molecule has 11 heteroatoms. The molecule has 27 heavy (non-hydrogen) atoms. The van der Waals surface area contributed by atoms with Crippen LogP contribution in [0.4, 0.5) is 24.9 Å². The molecule has 0 bridgehead atoms. The molecule has 3 heterocycles. The molecular weight excluding hydrogens is 365 g/mol. The number of rotatable bonds is 6. The Labute approximate surface area is 151 Å². The smallest absolute Gasteiger partial charge is 0.396 e. The number of carbonyl (C=O) groups excluding carboxylic acids is 1. The molecule has 142 valence electrons. The van der Waals surface area contributed by atoms with E-state index in [2.05, 4.69) is 25.7 Å². The van der Waals surface area contributed by atoms with Crippen LogP contribution in [0.1, 0.15) is 22.3 Å². The van der Waals surface area contributed by atoms with E-state index in [1.165, 1.54) is 18.5 Å². The standard InChI is InChI=1S/C16H15F3N6O2/c17-16(18,19)11-7-12(21-5-2-6-26)25-13(8-11)22-15(24-25)23-14(27)10-3-1-4-20-9-10/h1,3-4,7-9,21,26H,2,5-6H2,(H,23,24,27). The number of fused-ring (bicyclic) bond motifs is 1. The molecule has 3 rings (SSSR count). The average molecular weight is 380 g/mol. The monoisotopic (exact) mass is 380 g/mol. The molecule has 0 atom stereocenters. The Kier molecular flexibility index (Phi) is 5.21. The molecule has 0 aromatic carbocycles. The van der Waals surface area contributed by atoms with Crippen LogP contribution in [-0.4, -0.2) is 43.7 Å². The van der Waals surface area contributed by atoms with Crippen molar-refractivity contribution < 1.29 is 23.1 Å². The highest BCUT2D eigenvalue weighted by molar-refractivity contribution is 6.03. The Morgan fingerprint density at radius 1 is 1.30 bits per heavy atom. The summed E-state index contributed by atoms with van der Waals surface area (Å²) in [6.07, 6.45) is -1.38. The van der Waals surface area contributed by atoms with Crippen LogP contribution in [0.3, 0.4) is 0 Å². The lowest BCUT2D eigenvalue weighted by molar-refractivity contribution is -0.137. The highest BCUT2D eigenvalue weighted by Crippen LogP contribution is 2.32. The van der Waals surface area contributed by atoms with Gasteiger partial charge in [-0.1, -0.05) is 0 Å². The number of hydrogen-bond acceptors (Lipinski definition) is 6. The molecule has 8 nitrogen and oxygen atoms in total. The van der Waals surface area contributed by atoms with Gasteiger partial charge < -0.3 is 10.4 Å². The number of hydrogen-bond donors (Lipinski definition) is 3. The maximum atomic E-state index is 13.1. The van der Waals surface area contributed by atoms with Crippen molar-refractivity contribution in [2.24, 2.45) is 0 Å². The largest absolute Gasteiger partial charge is 0.416 e. The lowest BCUT2D eigenvalue weighted by atomic mass is 10.2. The Bertz CT molecular complexity index is 942. The number of anilines is 2. The van der Waals surface area contributed by atoms with E-state index in [4.69, 9.17) is 5.11 Å². The second-order valence-corrected chi connectivity index (χ2v) is 5.53. The predicted molar refractivity (Wildman–Crippen MR) is 90.4 cm³/mol. The van der Waals surface area contributed by atoms with Crippen molar-refractivity contribution in [1.82, 2.24) is 19.6 Å². The van der Waals surface area contributed by atoms with E-state index in [9.17, 15) is 18.0 Å². The number of carbonyl (C=O) groups is 1. The molecule has 0 aliphatic heterocycles. The molecule has 0 aliphatic carbocycles. The van der Waals surface area contributed by atoms with E-state index in [1.54, 1.807) is 6.07 Å². The topological polar surface area (TPSA) is 104 Å². The fraction of sp³-hybridized carbons (Fsp3) is 0.250. The Morgan fingerprint density at radius 2 is 2.11 bits per heavy atom. The molecule has 0 spiro atoms. The van der Waals surface area contributed by atoms with Crippen LogP contribution in [0.25, 0.3) is 5.65 Å². The van der Waals surface area contributed by atoms with Gasteiger partial charge in [0.1, 0.15) is 5.82 Å². The second kappa shape index (κ2) is 7.58. The van der Waals surface area contributed by atoms with Gasteiger partial charge in [0.25, 0.3) is 5.91 Å². The van der Waals surface area contributed by atoms with Crippen LogP contribution in [0, 0.1) is 0 Å². The minimum absolute atomic E-state index is 0.0441. The first-order valence-corrected chi connectivity index (χ1v) is 7.92. The summed E-state index contributed by atoms with van der Waals surface area (Å²) in [6, 6.07) is 4.84. The zero-order valence-electron chi connectivity index (χ0n) is 13.9. The molecule has 1 amide bonds. The van der Waals surface area contributed by atoms with Gasteiger partial charge in [-0.05, 0) is 30.7 Å². The zero-order chi connectivity index (χ0) is 19.4. The van der Waals surface area contributed by atoms with E-state index in [-0.39, 0.29) is 36.1 Å². The maximum absolute atomic E-state index is 13.1. The van der Waals surface area contributed by atoms with Crippen LogP contribution < -0.4 is 10.6 Å². The summed E-state index contributed by atoms with van der Waals surface area (Å²) in [5, 5.41) is 18.1. The summed E-state index contributed by atoms with van der Waals surface area (Å²) in [7, 11) is 0. The first kappa shape index (κ1) is 18.6. The average Bonchev–Trinajstić information content (AvgIpc) is 3.04. The molecular formula is C16H15F3N6O2. The lowest BCUT2D eigenvalue weighted by Crippen LogP contribution is -2.13. The van der Waals surface area contributed by atoms with Gasteiger partial charge in [-0.2, -0.15) is 22.7 Å². The minimum Gasteiger partial charge on any atom is -0.396 e. The van der Waals surface area contributed by atoms with Crippen LogP contribution in [0.2, 0.25) is 0 Å². The molecule has 0 saturated heterocycles. The molecule has 0 fully saturated rings. The number of pyridine rings is 2. The number of aliphatic hydroxyl groups excluding tert-OH is 1. The number of aromatic nitrogens is 4. The molecule has 0 aliphatic rings. The lowest BCUT2D eigenvalue weighted by Gasteiger charge is -2.11. The number of amides is 1. The van der Waals surface area contributed by atoms with Gasteiger partial charge in [0, 0.05) is 25.5 Å². The van der Waals surface area contributed by atoms with Crippen molar-refractivity contribution in [3.63, 3.8) is 0 Å². The van der Waals surface area contributed by atoms with E-state index in [0.29, 0.717) is 6.42 Å². The first-order chi connectivity index (χ1) is 12.9. The van der Waals surface area contributed by atoms with Crippen LogP contribution in [0.15, 0.2) is 36.7 Å². The maximum Gasteiger partial charge on any atom is 0.416 e. The highest BCUT2D eigenvalue weighted by atomic mass is 19.4. The number of nitrogens with one attached hydrogen (secondary N) is 2. The number of halogens is 3. The fourth-order valence-electron chi connectivity index (χ4n) is 2.29. The predicted octanol–water partition coefficient (Wildman–Crippen LogP) is 2.19. The third-order valence-electron chi connectivity index (χ3n) is 3.55. The van der Waals surface area contributed by atoms with Crippen molar-refractivity contribution in [3.05, 3.63) is 47.8 Å². The Balaban J connectivity index is 1.94. The Hall–Kier alpha value is -3.21. The van der Waals surface area contributed by atoms with Gasteiger partial charge in [0.15, 0.2) is 5.65 Å². The molecule has 0 unspecified atom stereocenters. The summed E-state index contributed by atoms with van der Waals surface area (Å²) in [6.45, 7) is 0.128. The summed E-state index contributed by atoms with van der Waals surface area (Å²) in [5.41, 5.74) is -0.731. The van der Waals surface area contributed by atoms with Crippen molar-refractivity contribution in [2.75, 3.05) is 23.8 Å². The number of alkyl halides is 3. The molecule has 3 aromatic heterocycles. The first-order valence-electron chi connectivity index (χ1n) is 7.92. The normalized spacial score (nSPS) is 11.6. The summed E-state index contributed by atoms with van der Waals surface area (Å²) < 4.78 is 40.5. The SMILES string of the molecule is O=C(Nc1nc2cc(C(F)(F)F)cc(NCCCO)n2n1)c1cccnc1. The van der Waals surface area contributed by atoms with Gasteiger partial charge >= 0.3 is 6.18 Å². The Morgan fingerprint density at radius 3 is 2.78 bits per heavy atom. The third kappa shape index (κ3) is 4.31. The van der Waals surface area contributed by atoms with E-state index in [0.717, 1.165) is 16.6 Å². The molecule has 3 N–H and O–H groups in total.